The molecule has 0 saturated carbocycles. The number of aromatic nitrogens is 5. The number of hydrogen-bond acceptors (Lipinski definition) is 4. The molecular formula is C30H30N6. The lowest BCUT2D eigenvalue weighted by Gasteiger charge is -2.13. The van der Waals surface area contributed by atoms with Crippen molar-refractivity contribution in [3.05, 3.63) is 103 Å². The van der Waals surface area contributed by atoms with Crippen molar-refractivity contribution in [3.63, 3.8) is 0 Å². The van der Waals surface area contributed by atoms with Crippen molar-refractivity contribution in [3.8, 4) is 22.5 Å². The van der Waals surface area contributed by atoms with Gasteiger partial charge in [-0.05, 0) is 48.6 Å². The smallest absolute Gasteiger partial charge is 0.181 e. The monoisotopic (exact) mass is 474 g/mol. The van der Waals surface area contributed by atoms with Crippen molar-refractivity contribution in [2.24, 2.45) is 5.92 Å². The number of nitrogens with zero attached hydrogens (tertiary/aromatic N) is 3. The van der Waals surface area contributed by atoms with Crippen LogP contribution in [-0.4, -0.2) is 25.1 Å². The molecule has 0 saturated heterocycles. The number of fused-ring (bicyclic) bond motifs is 1. The second kappa shape index (κ2) is 9.66. The van der Waals surface area contributed by atoms with Gasteiger partial charge in [0.2, 0.25) is 0 Å². The fourth-order valence-electron chi connectivity index (χ4n) is 4.35. The van der Waals surface area contributed by atoms with E-state index in [1.165, 1.54) is 5.57 Å². The highest BCUT2D eigenvalue weighted by Gasteiger charge is 2.17. The second-order valence-electron chi connectivity index (χ2n) is 9.30. The van der Waals surface area contributed by atoms with E-state index in [9.17, 15) is 0 Å². The molecule has 3 N–H and O–H groups in total. The van der Waals surface area contributed by atoms with E-state index in [4.69, 9.17) is 0 Å². The van der Waals surface area contributed by atoms with Crippen LogP contribution in [-0.2, 0) is 0 Å². The number of allylic oxidation sites excluding steroid dienone is 8. The van der Waals surface area contributed by atoms with Gasteiger partial charge >= 0.3 is 0 Å². The number of anilines is 1. The molecule has 0 unspecified atom stereocenters. The topological polar surface area (TPSA) is 82.3 Å². The predicted molar refractivity (Wildman–Crippen MR) is 149 cm³/mol. The van der Waals surface area contributed by atoms with Crippen LogP contribution in [0.15, 0.2) is 91.6 Å². The molecule has 0 amide bonds. The van der Waals surface area contributed by atoms with E-state index in [2.05, 4.69) is 107 Å². The van der Waals surface area contributed by atoms with E-state index in [0.717, 1.165) is 62.5 Å². The first-order valence-corrected chi connectivity index (χ1v) is 12.1. The van der Waals surface area contributed by atoms with Crippen LogP contribution in [0.25, 0.3) is 39.1 Å². The van der Waals surface area contributed by atoms with Crippen molar-refractivity contribution in [1.82, 2.24) is 25.1 Å². The Morgan fingerprint density at radius 3 is 2.72 bits per heavy atom. The molecule has 6 nitrogen and oxygen atoms in total. The van der Waals surface area contributed by atoms with Crippen LogP contribution in [0.1, 0.15) is 31.5 Å². The van der Waals surface area contributed by atoms with Gasteiger partial charge in [0.05, 0.1) is 23.3 Å². The molecule has 1 aliphatic carbocycles. The molecule has 0 fully saturated rings. The Morgan fingerprint density at radius 2 is 1.97 bits per heavy atom. The molecule has 4 aromatic rings. The maximum absolute atomic E-state index is 4.61. The largest absolute Gasteiger partial charge is 0.358 e. The quantitative estimate of drug-likeness (QED) is 0.233. The van der Waals surface area contributed by atoms with Gasteiger partial charge in [-0.3, -0.25) is 10.1 Å². The van der Waals surface area contributed by atoms with Gasteiger partial charge in [-0.15, -0.1) is 0 Å². The van der Waals surface area contributed by atoms with Gasteiger partial charge in [0, 0.05) is 45.9 Å². The van der Waals surface area contributed by atoms with E-state index >= 15 is 0 Å². The predicted octanol–water partition coefficient (Wildman–Crippen LogP) is 7.36. The third kappa shape index (κ3) is 4.45. The lowest BCUT2D eigenvalue weighted by atomic mass is 9.98. The van der Waals surface area contributed by atoms with Crippen molar-refractivity contribution < 1.29 is 0 Å². The number of aryl methyl sites for hydroxylation is 1. The molecule has 0 radical (unpaired) electrons. The zero-order chi connectivity index (χ0) is 25.2. The summed E-state index contributed by atoms with van der Waals surface area (Å²) >= 11 is 0. The summed E-state index contributed by atoms with van der Waals surface area (Å²) in [5.41, 5.74) is 10.9. The Kier molecular flexibility index (Phi) is 6.25. The van der Waals surface area contributed by atoms with E-state index in [1.807, 2.05) is 18.5 Å². The molecule has 0 bridgehead atoms. The molecule has 6 heteroatoms. The zero-order valence-corrected chi connectivity index (χ0v) is 20.9. The van der Waals surface area contributed by atoms with Crippen LogP contribution in [0.5, 0.6) is 0 Å². The molecule has 0 atom stereocenters. The van der Waals surface area contributed by atoms with Crippen LogP contribution >= 0.6 is 0 Å². The summed E-state index contributed by atoms with van der Waals surface area (Å²) in [6, 6.07) is 6.34. The van der Waals surface area contributed by atoms with Gasteiger partial charge in [0.15, 0.2) is 5.65 Å². The van der Waals surface area contributed by atoms with E-state index in [-0.39, 0.29) is 0 Å². The van der Waals surface area contributed by atoms with E-state index in [1.54, 1.807) is 6.20 Å². The van der Waals surface area contributed by atoms with Crippen molar-refractivity contribution in [2.45, 2.75) is 27.2 Å². The molecule has 5 rings (SSSR count). The van der Waals surface area contributed by atoms with Crippen molar-refractivity contribution in [2.75, 3.05) is 5.32 Å². The standard InChI is InChI=1S/C30H30N6/c1-6-9-25(21-10-7-8-11-21)26-14-28(34-20(26)5)29-27-13-23(16-32-30(27)36-35-29)22-12-24(17-31-15-22)33-19(4)18(2)3/h6-7,9-18,33-34H,1,4,8H2,2-3,5H3,(H,32,35,36)/b25-9-. The Bertz CT molecular complexity index is 1560. The Labute approximate surface area is 211 Å². The van der Waals surface area contributed by atoms with Crippen LogP contribution < -0.4 is 5.32 Å². The minimum atomic E-state index is 0.331. The number of nitrogens with one attached hydrogen (secondary N) is 3. The summed E-state index contributed by atoms with van der Waals surface area (Å²) in [6.07, 6.45) is 16.9. The molecular weight excluding hydrogens is 444 g/mol. The molecule has 0 spiro atoms. The summed E-state index contributed by atoms with van der Waals surface area (Å²) in [4.78, 5) is 12.6. The molecule has 4 aromatic heterocycles. The Balaban J connectivity index is 1.53. The van der Waals surface area contributed by atoms with Crippen LogP contribution in [0, 0.1) is 12.8 Å². The van der Waals surface area contributed by atoms with E-state index in [0.29, 0.717) is 11.6 Å². The molecule has 4 heterocycles. The third-order valence-electron chi connectivity index (χ3n) is 6.42. The Morgan fingerprint density at radius 1 is 1.14 bits per heavy atom. The molecule has 0 aliphatic heterocycles. The van der Waals surface area contributed by atoms with Gasteiger partial charge in [-0.25, -0.2) is 4.98 Å². The summed E-state index contributed by atoms with van der Waals surface area (Å²) < 4.78 is 0. The molecule has 1 aliphatic rings. The second-order valence-corrected chi connectivity index (χ2v) is 9.30. The lowest BCUT2D eigenvalue weighted by Crippen LogP contribution is -2.04. The lowest BCUT2D eigenvalue weighted by molar-refractivity contribution is 0.778. The maximum atomic E-state index is 4.61. The molecule has 36 heavy (non-hydrogen) atoms. The highest BCUT2D eigenvalue weighted by atomic mass is 15.2. The summed E-state index contributed by atoms with van der Waals surface area (Å²) in [7, 11) is 0. The summed E-state index contributed by atoms with van der Waals surface area (Å²) in [5, 5.41) is 11.9. The average Bonchev–Trinajstić information content (AvgIpc) is 3.62. The third-order valence-corrected chi connectivity index (χ3v) is 6.42. The maximum Gasteiger partial charge on any atom is 0.181 e. The number of aromatic amines is 2. The number of pyridine rings is 2. The molecule has 180 valence electrons. The van der Waals surface area contributed by atoms with Crippen LogP contribution in [0.2, 0.25) is 0 Å². The first kappa shape index (κ1) is 23.3. The van der Waals surface area contributed by atoms with E-state index < -0.39 is 0 Å². The SMILES string of the molecule is C=C/C=C(/C1=CCC=C1)c1cc(-c2[nH]nc3ncc(-c4cncc(NC(=C)C(C)C)c4)cc23)[nH]c1C. The number of hydrogen-bond donors (Lipinski definition) is 3. The van der Waals surface area contributed by atoms with Gasteiger partial charge in [-0.2, -0.15) is 5.10 Å². The van der Waals surface area contributed by atoms with Crippen LogP contribution in [0.3, 0.4) is 0 Å². The highest BCUT2D eigenvalue weighted by Crippen LogP contribution is 2.35. The average molecular weight is 475 g/mol. The van der Waals surface area contributed by atoms with Crippen LogP contribution in [0.4, 0.5) is 5.69 Å². The van der Waals surface area contributed by atoms with Gasteiger partial charge in [0.25, 0.3) is 0 Å². The summed E-state index contributed by atoms with van der Waals surface area (Å²) in [6.45, 7) is 14.3. The first-order chi connectivity index (χ1) is 17.4. The number of H-pyrrole nitrogens is 2. The normalized spacial score (nSPS) is 13.4. The summed E-state index contributed by atoms with van der Waals surface area (Å²) in [5.74, 6) is 0.331. The minimum Gasteiger partial charge on any atom is -0.358 e. The highest BCUT2D eigenvalue weighted by molar-refractivity contribution is 5.94. The van der Waals surface area contributed by atoms with Gasteiger partial charge in [0.1, 0.15) is 0 Å². The number of rotatable bonds is 8. The molecule has 0 aromatic carbocycles. The minimum absolute atomic E-state index is 0.331. The first-order valence-electron chi connectivity index (χ1n) is 12.1. The fourth-order valence-corrected chi connectivity index (χ4v) is 4.35. The fraction of sp³-hybridized carbons (Fsp3) is 0.167. The van der Waals surface area contributed by atoms with Gasteiger partial charge in [-0.1, -0.05) is 57.4 Å². The van der Waals surface area contributed by atoms with Gasteiger partial charge < -0.3 is 10.3 Å². The zero-order valence-electron chi connectivity index (χ0n) is 20.9. The van der Waals surface area contributed by atoms with Crippen molar-refractivity contribution >= 4 is 22.3 Å². The Hall–Kier alpha value is -4.45. The van der Waals surface area contributed by atoms with Crippen molar-refractivity contribution in [1.29, 1.82) is 0 Å².